The quantitative estimate of drug-likeness (QED) is 0.832. The zero-order valence-electron chi connectivity index (χ0n) is 11.6. The molecule has 1 aromatic rings. The van der Waals surface area contributed by atoms with E-state index in [1.54, 1.807) is 6.33 Å². The Bertz CT molecular complexity index is 358. The van der Waals surface area contributed by atoms with E-state index >= 15 is 0 Å². The lowest BCUT2D eigenvalue weighted by Crippen LogP contribution is -2.34. The van der Waals surface area contributed by atoms with E-state index in [9.17, 15) is 0 Å². The Kier molecular flexibility index (Phi) is 4.72. The number of aromatic nitrogens is 3. The summed E-state index contributed by atoms with van der Waals surface area (Å²) in [6.07, 6.45) is 2.80. The van der Waals surface area contributed by atoms with E-state index in [1.807, 2.05) is 4.68 Å². The number of nitrogens with zero attached hydrogens (tertiary/aromatic N) is 3. The fourth-order valence-corrected chi connectivity index (χ4v) is 2.29. The molecule has 2 rings (SSSR count). The van der Waals surface area contributed by atoms with E-state index in [1.165, 1.54) is 0 Å². The van der Waals surface area contributed by atoms with Gasteiger partial charge in [0.1, 0.15) is 12.2 Å². The minimum absolute atomic E-state index is 0.469. The summed E-state index contributed by atoms with van der Waals surface area (Å²) in [5.74, 6) is 2.24. The molecule has 0 bridgehead atoms. The van der Waals surface area contributed by atoms with Crippen molar-refractivity contribution in [3.05, 3.63) is 12.2 Å². The van der Waals surface area contributed by atoms with Crippen LogP contribution in [-0.4, -0.2) is 34.0 Å². The van der Waals surface area contributed by atoms with Crippen LogP contribution in [0, 0.1) is 11.8 Å². The maximum absolute atomic E-state index is 5.42. The Morgan fingerprint density at radius 1 is 1.50 bits per heavy atom. The van der Waals surface area contributed by atoms with Gasteiger partial charge in [0, 0.05) is 19.2 Å². The Balaban J connectivity index is 1.83. The molecule has 1 aliphatic rings. The van der Waals surface area contributed by atoms with Gasteiger partial charge in [-0.15, -0.1) is 0 Å². The summed E-state index contributed by atoms with van der Waals surface area (Å²) in [5.41, 5.74) is 0. The van der Waals surface area contributed by atoms with Crippen molar-refractivity contribution in [3.63, 3.8) is 0 Å². The topological polar surface area (TPSA) is 52.0 Å². The van der Waals surface area contributed by atoms with Crippen LogP contribution in [0.5, 0.6) is 0 Å². The molecular formula is C13H24N4O. The van der Waals surface area contributed by atoms with E-state index in [4.69, 9.17) is 4.74 Å². The zero-order valence-corrected chi connectivity index (χ0v) is 11.6. The normalized spacial score (nSPS) is 21.7. The van der Waals surface area contributed by atoms with Gasteiger partial charge in [0.05, 0.1) is 13.2 Å². The van der Waals surface area contributed by atoms with Gasteiger partial charge in [-0.2, -0.15) is 5.10 Å². The van der Waals surface area contributed by atoms with Crippen LogP contribution in [-0.2, 0) is 17.8 Å². The van der Waals surface area contributed by atoms with E-state index < -0.39 is 0 Å². The van der Waals surface area contributed by atoms with Crippen LogP contribution in [0.2, 0.25) is 0 Å². The lowest BCUT2D eigenvalue weighted by molar-refractivity contribution is 0.178. The Hall–Kier alpha value is -0.940. The van der Waals surface area contributed by atoms with Crippen molar-refractivity contribution in [3.8, 4) is 0 Å². The minimum atomic E-state index is 0.469. The number of rotatable bonds is 6. The molecule has 18 heavy (non-hydrogen) atoms. The molecule has 0 aliphatic carbocycles. The molecule has 0 amide bonds. The zero-order chi connectivity index (χ0) is 13.0. The van der Waals surface area contributed by atoms with Crippen molar-refractivity contribution in [1.82, 2.24) is 20.1 Å². The minimum Gasteiger partial charge on any atom is -0.381 e. The Labute approximate surface area is 109 Å². The summed E-state index contributed by atoms with van der Waals surface area (Å²) >= 11 is 0. The molecule has 2 atom stereocenters. The van der Waals surface area contributed by atoms with Gasteiger partial charge in [-0.25, -0.2) is 9.67 Å². The highest BCUT2D eigenvalue weighted by Gasteiger charge is 2.22. The molecule has 0 saturated carbocycles. The molecule has 5 heteroatoms. The second kappa shape index (κ2) is 6.29. The lowest BCUT2D eigenvalue weighted by atomic mass is 10.0. The van der Waals surface area contributed by atoms with Crippen LogP contribution in [0.4, 0.5) is 0 Å². The van der Waals surface area contributed by atoms with Crippen LogP contribution in [0.15, 0.2) is 6.33 Å². The predicted octanol–water partition coefficient (Wildman–Crippen LogP) is 1.45. The summed E-state index contributed by atoms with van der Waals surface area (Å²) in [4.78, 5) is 4.33. The van der Waals surface area contributed by atoms with Crippen LogP contribution in [0.3, 0.4) is 0 Å². The first-order valence-corrected chi connectivity index (χ1v) is 6.84. The van der Waals surface area contributed by atoms with Gasteiger partial charge in [0.25, 0.3) is 0 Å². The third-order valence-corrected chi connectivity index (χ3v) is 3.49. The SMILES string of the molecule is CC(C)Cn1ncnc1CNC(C)C1CCOC1. The van der Waals surface area contributed by atoms with Gasteiger partial charge >= 0.3 is 0 Å². The molecular weight excluding hydrogens is 228 g/mol. The van der Waals surface area contributed by atoms with Gasteiger partial charge in [-0.3, -0.25) is 0 Å². The lowest BCUT2D eigenvalue weighted by Gasteiger charge is -2.19. The summed E-state index contributed by atoms with van der Waals surface area (Å²) in [7, 11) is 0. The molecule has 2 unspecified atom stereocenters. The van der Waals surface area contributed by atoms with Crippen LogP contribution >= 0.6 is 0 Å². The Morgan fingerprint density at radius 2 is 2.33 bits per heavy atom. The monoisotopic (exact) mass is 252 g/mol. The smallest absolute Gasteiger partial charge is 0.140 e. The van der Waals surface area contributed by atoms with Crippen molar-refractivity contribution in [2.75, 3.05) is 13.2 Å². The third kappa shape index (κ3) is 3.53. The Morgan fingerprint density at radius 3 is 3.00 bits per heavy atom. The van der Waals surface area contributed by atoms with E-state index in [0.717, 1.165) is 38.5 Å². The largest absolute Gasteiger partial charge is 0.381 e. The van der Waals surface area contributed by atoms with Gasteiger partial charge < -0.3 is 10.1 Å². The van der Waals surface area contributed by atoms with E-state index in [-0.39, 0.29) is 0 Å². The third-order valence-electron chi connectivity index (χ3n) is 3.49. The van der Waals surface area contributed by atoms with Crippen LogP contribution in [0.25, 0.3) is 0 Å². The highest BCUT2D eigenvalue weighted by molar-refractivity contribution is 4.86. The number of nitrogens with one attached hydrogen (secondary N) is 1. The first kappa shape index (κ1) is 13.5. The fourth-order valence-electron chi connectivity index (χ4n) is 2.29. The van der Waals surface area contributed by atoms with E-state index in [2.05, 4.69) is 36.2 Å². The van der Waals surface area contributed by atoms with Crippen LogP contribution < -0.4 is 5.32 Å². The predicted molar refractivity (Wildman–Crippen MR) is 70.1 cm³/mol. The number of hydrogen-bond acceptors (Lipinski definition) is 4. The number of ether oxygens (including phenoxy) is 1. The van der Waals surface area contributed by atoms with Crippen molar-refractivity contribution in [2.45, 2.75) is 46.3 Å². The highest BCUT2D eigenvalue weighted by Crippen LogP contribution is 2.16. The molecule has 0 radical (unpaired) electrons. The summed E-state index contributed by atoms with van der Waals surface area (Å²) < 4.78 is 7.41. The summed E-state index contributed by atoms with van der Waals surface area (Å²) in [5, 5.41) is 7.81. The van der Waals surface area contributed by atoms with Gasteiger partial charge in [-0.05, 0) is 25.2 Å². The molecule has 1 N–H and O–H groups in total. The molecule has 0 aromatic carbocycles. The molecule has 5 nitrogen and oxygen atoms in total. The van der Waals surface area contributed by atoms with Crippen LogP contribution in [0.1, 0.15) is 33.0 Å². The fraction of sp³-hybridized carbons (Fsp3) is 0.846. The molecule has 1 saturated heterocycles. The maximum Gasteiger partial charge on any atom is 0.140 e. The molecule has 2 heterocycles. The van der Waals surface area contributed by atoms with Crippen molar-refractivity contribution >= 4 is 0 Å². The average molecular weight is 252 g/mol. The first-order chi connectivity index (χ1) is 8.66. The van der Waals surface area contributed by atoms with Gasteiger partial charge in [0.15, 0.2) is 0 Å². The van der Waals surface area contributed by atoms with E-state index in [0.29, 0.717) is 17.9 Å². The van der Waals surface area contributed by atoms with Gasteiger partial charge in [-0.1, -0.05) is 13.8 Å². The second-order valence-electron chi connectivity index (χ2n) is 5.55. The molecule has 1 aromatic heterocycles. The maximum atomic E-state index is 5.42. The molecule has 102 valence electrons. The first-order valence-electron chi connectivity index (χ1n) is 6.84. The highest BCUT2D eigenvalue weighted by atomic mass is 16.5. The molecule has 0 spiro atoms. The van der Waals surface area contributed by atoms with Crippen molar-refractivity contribution in [1.29, 1.82) is 0 Å². The second-order valence-corrected chi connectivity index (χ2v) is 5.55. The van der Waals surface area contributed by atoms with Crippen molar-refractivity contribution in [2.24, 2.45) is 11.8 Å². The standard InChI is InChI=1S/C13H24N4O/c1-10(2)7-17-13(15-9-16-17)6-14-11(3)12-4-5-18-8-12/h9-12,14H,4-8H2,1-3H3. The molecule has 1 aliphatic heterocycles. The summed E-state index contributed by atoms with van der Waals surface area (Å²) in [6.45, 7) is 10.1. The number of hydrogen-bond donors (Lipinski definition) is 1. The average Bonchev–Trinajstić information content (AvgIpc) is 2.95. The molecule has 1 fully saturated rings. The van der Waals surface area contributed by atoms with Crippen molar-refractivity contribution < 1.29 is 4.74 Å². The van der Waals surface area contributed by atoms with Gasteiger partial charge in [0.2, 0.25) is 0 Å². The summed E-state index contributed by atoms with van der Waals surface area (Å²) in [6, 6.07) is 0.469.